The van der Waals surface area contributed by atoms with Gasteiger partial charge in [0, 0.05) is 16.7 Å². The summed E-state index contributed by atoms with van der Waals surface area (Å²) in [5.41, 5.74) is 4.71. The molecule has 2 atom stereocenters. The second-order valence-electron chi connectivity index (χ2n) is 7.51. The van der Waals surface area contributed by atoms with Crippen molar-refractivity contribution < 1.29 is 9.59 Å². The van der Waals surface area contributed by atoms with Crippen molar-refractivity contribution in [3.8, 4) is 0 Å². The van der Waals surface area contributed by atoms with Crippen molar-refractivity contribution in [3.63, 3.8) is 0 Å². The SMILES string of the molecule is O=C1[C@@H]2C3c4ccccc4C(c4ccccc43)[C@@H]2C(=O)N1/N=C\c1cccs1. The van der Waals surface area contributed by atoms with Crippen LogP contribution in [0.2, 0.25) is 0 Å². The maximum atomic E-state index is 13.3. The van der Waals surface area contributed by atoms with Crippen LogP contribution in [0.4, 0.5) is 0 Å². The molecule has 2 heterocycles. The fourth-order valence-electron chi connectivity index (χ4n) is 5.25. The number of rotatable bonds is 2. The van der Waals surface area contributed by atoms with E-state index < -0.39 is 0 Å². The highest BCUT2D eigenvalue weighted by Gasteiger charge is 2.61. The third-order valence-electron chi connectivity index (χ3n) is 6.27. The van der Waals surface area contributed by atoms with Crippen molar-refractivity contribution in [3.05, 3.63) is 93.2 Å². The van der Waals surface area contributed by atoms with Gasteiger partial charge in [-0.3, -0.25) is 9.59 Å². The number of hydrogen-bond acceptors (Lipinski definition) is 4. The fourth-order valence-corrected chi connectivity index (χ4v) is 5.83. The molecule has 7 rings (SSSR count). The van der Waals surface area contributed by atoms with Gasteiger partial charge in [-0.15, -0.1) is 11.3 Å². The smallest absolute Gasteiger partial charge is 0.254 e. The summed E-state index contributed by atoms with van der Waals surface area (Å²) in [5, 5.41) is 7.36. The quantitative estimate of drug-likeness (QED) is 0.496. The van der Waals surface area contributed by atoms with Gasteiger partial charge < -0.3 is 0 Å². The average molecular weight is 384 g/mol. The monoisotopic (exact) mass is 384 g/mol. The zero-order valence-electron chi connectivity index (χ0n) is 14.9. The minimum absolute atomic E-state index is 0.0826. The zero-order valence-corrected chi connectivity index (χ0v) is 15.7. The molecule has 4 nitrogen and oxygen atoms in total. The molecule has 0 unspecified atom stereocenters. The van der Waals surface area contributed by atoms with Crippen LogP contribution in [0.3, 0.4) is 0 Å². The number of carbonyl (C=O) groups is 2. The van der Waals surface area contributed by atoms with Crippen LogP contribution < -0.4 is 0 Å². The molecule has 3 aliphatic carbocycles. The molecule has 3 aromatic rings. The molecule has 136 valence electrons. The van der Waals surface area contributed by atoms with Gasteiger partial charge in [-0.1, -0.05) is 54.6 Å². The van der Waals surface area contributed by atoms with Gasteiger partial charge in [-0.25, -0.2) is 0 Å². The van der Waals surface area contributed by atoms with Crippen LogP contribution in [-0.2, 0) is 9.59 Å². The number of hydrogen-bond donors (Lipinski definition) is 0. The predicted molar refractivity (Wildman–Crippen MR) is 107 cm³/mol. The van der Waals surface area contributed by atoms with Crippen LogP contribution in [0.15, 0.2) is 71.1 Å². The lowest BCUT2D eigenvalue weighted by Crippen LogP contribution is -2.41. The molecule has 1 fully saturated rings. The van der Waals surface area contributed by atoms with Crippen LogP contribution in [-0.4, -0.2) is 23.0 Å². The maximum absolute atomic E-state index is 13.3. The molecule has 5 heteroatoms. The molecule has 1 aromatic heterocycles. The number of carbonyl (C=O) groups excluding carboxylic acids is 2. The Kier molecular flexibility index (Phi) is 3.26. The van der Waals surface area contributed by atoms with Crippen LogP contribution in [0.1, 0.15) is 39.0 Å². The summed E-state index contributed by atoms with van der Waals surface area (Å²) in [6.45, 7) is 0. The Hall–Kier alpha value is -3.05. The highest BCUT2D eigenvalue weighted by atomic mass is 32.1. The van der Waals surface area contributed by atoms with E-state index in [1.165, 1.54) is 33.6 Å². The number of imide groups is 1. The van der Waals surface area contributed by atoms with E-state index in [1.54, 1.807) is 6.21 Å². The Morgan fingerprint density at radius 2 is 1.25 bits per heavy atom. The highest BCUT2D eigenvalue weighted by molar-refractivity contribution is 7.11. The van der Waals surface area contributed by atoms with Gasteiger partial charge in [0.05, 0.1) is 18.1 Å². The minimum atomic E-state index is -0.372. The number of thiophene rings is 1. The number of nitrogens with zero attached hydrogens (tertiary/aromatic N) is 2. The normalized spacial score (nSPS) is 27.2. The molecule has 28 heavy (non-hydrogen) atoms. The Labute approximate surface area is 166 Å². The van der Waals surface area contributed by atoms with Crippen molar-refractivity contribution in [2.75, 3.05) is 0 Å². The topological polar surface area (TPSA) is 49.7 Å². The third-order valence-corrected chi connectivity index (χ3v) is 7.08. The van der Waals surface area contributed by atoms with Crippen molar-refractivity contribution in [1.29, 1.82) is 0 Å². The van der Waals surface area contributed by atoms with Crippen molar-refractivity contribution in [1.82, 2.24) is 5.01 Å². The molecule has 2 bridgehead atoms. The number of benzene rings is 2. The van der Waals surface area contributed by atoms with Crippen LogP contribution in [0.25, 0.3) is 0 Å². The lowest BCUT2D eigenvalue weighted by molar-refractivity contribution is -0.139. The third kappa shape index (κ3) is 1.97. The first-order valence-corrected chi connectivity index (χ1v) is 10.3. The summed E-state index contributed by atoms with van der Waals surface area (Å²) in [6, 6.07) is 20.3. The molecule has 2 aromatic carbocycles. The van der Waals surface area contributed by atoms with Gasteiger partial charge in [0.2, 0.25) is 0 Å². The van der Waals surface area contributed by atoms with E-state index in [4.69, 9.17) is 0 Å². The lowest BCUT2D eigenvalue weighted by atomic mass is 9.55. The van der Waals surface area contributed by atoms with Crippen LogP contribution in [0.5, 0.6) is 0 Å². The standard InChI is InChI=1S/C23H16N2O2S/c26-22-20-18-14-7-1-2-8-15(14)19(17-10-4-3-9-16(17)18)21(20)23(27)25(22)24-12-13-6-5-11-28-13/h1-12,18-21H/b24-12-/t18?,19?,20-,21+. The molecule has 0 N–H and O–H groups in total. The molecule has 0 saturated carbocycles. The van der Waals surface area contributed by atoms with Crippen LogP contribution in [0, 0.1) is 11.8 Å². The van der Waals surface area contributed by atoms with Gasteiger partial charge in [0.1, 0.15) is 0 Å². The van der Waals surface area contributed by atoms with Crippen LogP contribution >= 0.6 is 11.3 Å². The van der Waals surface area contributed by atoms with Gasteiger partial charge >= 0.3 is 0 Å². The molecule has 2 amide bonds. The Morgan fingerprint density at radius 3 is 1.68 bits per heavy atom. The molecular formula is C23H16N2O2S. The molecule has 4 aliphatic rings. The summed E-state index contributed by atoms with van der Waals surface area (Å²) in [5.74, 6) is -1.27. The predicted octanol–water partition coefficient (Wildman–Crippen LogP) is 3.97. The molecule has 1 aliphatic heterocycles. The van der Waals surface area contributed by atoms with E-state index >= 15 is 0 Å². The molecule has 0 spiro atoms. The van der Waals surface area contributed by atoms with E-state index in [0.717, 1.165) is 9.89 Å². The van der Waals surface area contributed by atoms with Crippen molar-refractivity contribution in [2.45, 2.75) is 11.8 Å². The van der Waals surface area contributed by atoms with Gasteiger partial charge in [-0.05, 0) is 33.7 Å². The average Bonchev–Trinajstić information content (AvgIpc) is 3.34. The van der Waals surface area contributed by atoms with E-state index in [2.05, 4.69) is 29.4 Å². The van der Waals surface area contributed by atoms with E-state index in [1.807, 2.05) is 41.8 Å². The van der Waals surface area contributed by atoms with Gasteiger partial charge in [-0.2, -0.15) is 10.1 Å². The van der Waals surface area contributed by atoms with E-state index in [9.17, 15) is 9.59 Å². The Balaban J connectivity index is 1.50. The first-order chi connectivity index (χ1) is 13.8. The first kappa shape index (κ1) is 16.0. The largest absolute Gasteiger partial charge is 0.272 e. The first-order valence-electron chi connectivity index (χ1n) is 9.38. The summed E-state index contributed by atoms with van der Waals surface area (Å²) in [6.07, 6.45) is 1.61. The second kappa shape index (κ2) is 5.72. The van der Waals surface area contributed by atoms with Gasteiger partial charge in [0.25, 0.3) is 11.8 Å². The Morgan fingerprint density at radius 1 is 0.750 bits per heavy atom. The molecule has 0 radical (unpaired) electrons. The summed E-state index contributed by atoms with van der Waals surface area (Å²) in [7, 11) is 0. The lowest BCUT2D eigenvalue weighted by Gasteiger charge is -2.45. The minimum Gasteiger partial charge on any atom is -0.272 e. The van der Waals surface area contributed by atoms with E-state index in [0.29, 0.717) is 0 Å². The van der Waals surface area contributed by atoms with Crippen molar-refractivity contribution in [2.24, 2.45) is 16.9 Å². The maximum Gasteiger partial charge on any atom is 0.254 e. The highest BCUT2D eigenvalue weighted by Crippen LogP contribution is 2.60. The summed E-state index contributed by atoms with van der Waals surface area (Å²) in [4.78, 5) is 27.5. The number of hydrazone groups is 1. The molecular weight excluding hydrogens is 368 g/mol. The Bertz CT molecular complexity index is 1040. The second-order valence-corrected chi connectivity index (χ2v) is 8.49. The van der Waals surface area contributed by atoms with Gasteiger partial charge in [0.15, 0.2) is 0 Å². The number of amides is 2. The summed E-state index contributed by atoms with van der Waals surface area (Å²) >= 11 is 1.53. The fraction of sp³-hybridized carbons (Fsp3) is 0.174. The summed E-state index contributed by atoms with van der Waals surface area (Å²) < 4.78 is 0. The van der Waals surface area contributed by atoms with E-state index in [-0.39, 0.29) is 35.5 Å². The molecule has 1 saturated heterocycles. The zero-order chi connectivity index (χ0) is 18.8. The van der Waals surface area contributed by atoms with Crippen molar-refractivity contribution >= 4 is 29.4 Å².